The highest BCUT2D eigenvalue weighted by atomic mass is 32.2. The van der Waals surface area contributed by atoms with Crippen LogP contribution in [0.25, 0.3) is 27.8 Å². The van der Waals surface area contributed by atoms with Gasteiger partial charge in [-0.1, -0.05) is 42.1 Å². The molecule has 1 aromatic carbocycles. The lowest BCUT2D eigenvalue weighted by Gasteiger charge is -2.11. The molecule has 0 amide bonds. The second-order valence-corrected chi connectivity index (χ2v) is 9.47. The number of aryl methyl sites for hydroxylation is 1. The van der Waals surface area contributed by atoms with Crippen LogP contribution >= 0.6 is 11.8 Å². The van der Waals surface area contributed by atoms with Crippen molar-refractivity contribution in [2.45, 2.75) is 23.9 Å². The Balaban J connectivity index is 1.46. The van der Waals surface area contributed by atoms with Crippen molar-refractivity contribution in [1.82, 2.24) is 34.2 Å². The van der Waals surface area contributed by atoms with Gasteiger partial charge >= 0.3 is 0 Å². The predicted octanol–water partition coefficient (Wildman–Crippen LogP) is 3.06. The molecule has 4 heterocycles. The third kappa shape index (κ3) is 4.89. The summed E-state index contributed by atoms with van der Waals surface area (Å²) in [5, 5.41) is 8.42. The lowest BCUT2D eigenvalue weighted by molar-refractivity contribution is 0.385. The molecule has 0 unspecified atom stereocenters. The molecule has 0 saturated carbocycles. The molecule has 178 valence electrons. The smallest absolute Gasteiger partial charge is 0.266 e. The lowest BCUT2D eigenvalue weighted by atomic mass is 10.2. The number of H-pyrrole nitrogens is 1. The summed E-state index contributed by atoms with van der Waals surface area (Å²) in [6.45, 7) is 1.49. The van der Waals surface area contributed by atoms with Gasteiger partial charge in [-0.25, -0.2) is 10.1 Å². The topological polar surface area (TPSA) is 102 Å². The largest absolute Gasteiger partial charge is 0.315 e. The maximum absolute atomic E-state index is 13.3. The van der Waals surface area contributed by atoms with E-state index in [0.717, 1.165) is 24.3 Å². The molecule has 0 radical (unpaired) electrons. The van der Waals surface area contributed by atoms with Gasteiger partial charge in [0.2, 0.25) is 11.1 Å². The summed E-state index contributed by atoms with van der Waals surface area (Å²) in [6.07, 6.45) is 4.24. The van der Waals surface area contributed by atoms with Gasteiger partial charge in [0.25, 0.3) is 11.1 Å². The van der Waals surface area contributed by atoms with Crippen molar-refractivity contribution in [3.8, 4) is 5.95 Å². The average Bonchev–Trinajstić information content (AvgIpc) is 3.33. The zero-order valence-corrected chi connectivity index (χ0v) is 20.3. The lowest BCUT2D eigenvalue weighted by Crippen LogP contribution is -2.23. The fraction of sp³-hybridized carbons (Fsp3) is 0.240. The van der Waals surface area contributed by atoms with Crippen LogP contribution in [-0.4, -0.2) is 54.8 Å². The molecule has 0 atom stereocenters. The molecule has 0 aliphatic carbocycles. The summed E-state index contributed by atoms with van der Waals surface area (Å²) in [6, 6.07) is 15.3. The van der Waals surface area contributed by atoms with Gasteiger partial charge in [-0.3, -0.25) is 14.2 Å². The van der Waals surface area contributed by atoms with Gasteiger partial charge in [-0.05, 0) is 50.8 Å². The van der Waals surface area contributed by atoms with E-state index in [2.05, 4.69) is 25.1 Å². The van der Waals surface area contributed by atoms with E-state index in [1.807, 2.05) is 50.5 Å². The number of fused-ring (bicyclic) bond motifs is 2. The highest BCUT2D eigenvalue weighted by Gasteiger charge is 2.13. The number of aromatic amines is 1. The number of hydrogen-bond donors (Lipinski definition) is 1. The van der Waals surface area contributed by atoms with Crippen molar-refractivity contribution in [3.05, 3.63) is 87.2 Å². The Labute approximate surface area is 205 Å². The quantitative estimate of drug-likeness (QED) is 0.265. The third-order valence-electron chi connectivity index (χ3n) is 5.71. The van der Waals surface area contributed by atoms with Crippen LogP contribution in [0.1, 0.15) is 12.0 Å². The van der Waals surface area contributed by atoms with Crippen molar-refractivity contribution < 1.29 is 0 Å². The molecule has 4 aromatic heterocycles. The molecule has 5 rings (SSSR count). The summed E-state index contributed by atoms with van der Waals surface area (Å²) in [5.41, 5.74) is 1.81. The van der Waals surface area contributed by atoms with Gasteiger partial charge in [0.05, 0.1) is 21.8 Å². The van der Waals surface area contributed by atoms with Crippen LogP contribution in [0.5, 0.6) is 0 Å². The summed E-state index contributed by atoms with van der Waals surface area (Å²) in [5.74, 6) is 1.04. The first kappa shape index (κ1) is 23.0. The molecule has 0 aliphatic heterocycles. The summed E-state index contributed by atoms with van der Waals surface area (Å²) < 4.78 is 3.07. The monoisotopic (exact) mass is 487 g/mol. The number of pyridine rings is 3. The minimum atomic E-state index is -0.310. The molecule has 35 heavy (non-hydrogen) atoms. The number of rotatable bonds is 8. The standard InChI is InChI=1S/C25H25N7O2S/c1-30(2)11-6-12-31-13-9-20-18(22(31)33)15-19-21(26-20)10-14-32(23(19)34)24-27-25(29-28-24)35-16-17-7-4-3-5-8-17/h3-5,7-10,13-15H,6,11-12,16H2,1-2H3,(H,27,28,29). The maximum atomic E-state index is 13.3. The molecule has 0 fully saturated rings. The third-order valence-corrected chi connectivity index (χ3v) is 6.63. The fourth-order valence-electron chi connectivity index (χ4n) is 3.90. The Morgan fingerprint density at radius 3 is 2.46 bits per heavy atom. The van der Waals surface area contributed by atoms with Crippen LogP contribution in [0.4, 0.5) is 0 Å². The molecular formula is C25H25N7O2S. The molecule has 10 heteroatoms. The van der Waals surface area contributed by atoms with Crippen LogP contribution < -0.4 is 11.1 Å². The number of nitrogens with one attached hydrogen (secondary N) is 1. The normalized spacial score (nSPS) is 11.6. The van der Waals surface area contributed by atoms with E-state index in [-0.39, 0.29) is 11.1 Å². The van der Waals surface area contributed by atoms with E-state index in [1.165, 1.54) is 16.3 Å². The van der Waals surface area contributed by atoms with Gasteiger partial charge in [0.15, 0.2) is 0 Å². The summed E-state index contributed by atoms with van der Waals surface area (Å²) in [4.78, 5) is 37.5. The zero-order chi connectivity index (χ0) is 24.4. The predicted molar refractivity (Wildman–Crippen MR) is 138 cm³/mol. The van der Waals surface area contributed by atoms with E-state index < -0.39 is 0 Å². The minimum Gasteiger partial charge on any atom is -0.315 e. The molecule has 0 spiro atoms. The molecule has 0 aliphatic rings. The Hall–Kier alpha value is -3.76. The van der Waals surface area contributed by atoms with E-state index in [9.17, 15) is 9.59 Å². The molecule has 0 bridgehead atoms. The van der Waals surface area contributed by atoms with Gasteiger partial charge in [-0.2, -0.15) is 4.98 Å². The number of hydrogen-bond acceptors (Lipinski definition) is 7. The number of benzene rings is 1. The molecule has 9 nitrogen and oxygen atoms in total. The minimum absolute atomic E-state index is 0.148. The van der Waals surface area contributed by atoms with Crippen LogP contribution in [-0.2, 0) is 12.3 Å². The van der Waals surface area contributed by atoms with Gasteiger partial charge in [0.1, 0.15) is 0 Å². The Morgan fingerprint density at radius 2 is 1.69 bits per heavy atom. The molecule has 0 saturated heterocycles. The Bertz CT molecular complexity index is 1610. The van der Waals surface area contributed by atoms with Crippen LogP contribution in [0.3, 0.4) is 0 Å². The van der Waals surface area contributed by atoms with E-state index in [1.54, 1.807) is 29.1 Å². The van der Waals surface area contributed by atoms with Crippen LogP contribution in [0.2, 0.25) is 0 Å². The molecule has 5 aromatic rings. The average molecular weight is 488 g/mol. The highest BCUT2D eigenvalue weighted by molar-refractivity contribution is 7.98. The summed E-state index contributed by atoms with van der Waals surface area (Å²) in [7, 11) is 4.01. The first-order valence-corrected chi connectivity index (χ1v) is 12.3. The molecular weight excluding hydrogens is 462 g/mol. The van der Waals surface area contributed by atoms with Gasteiger partial charge < -0.3 is 9.47 Å². The van der Waals surface area contributed by atoms with E-state index >= 15 is 0 Å². The number of aromatic nitrogens is 6. The van der Waals surface area contributed by atoms with Crippen molar-refractivity contribution in [3.63, 3.8) is 0 Å². The number of nitrogens with zero attached hydrogens (tertiary/aromatic N) is 6. The SMILES string of the molecule is CN(C)CCCn1ccc2nc3ccn(-c4nc(SCc5ccccc5)n[nH]4)c(=O)c3cc2c1=O. The second-order valence-electron chi connectivity index (χ2n) is 8.53. The van der Waals surface area contributed by atoms with Crippen molar-refractivity contribution >= 4 is 33.6 Å². The fourth-order valence-corrected chi connectivity index (χ4v) is 4.65. The highest BCUT2D eigenvalue weighted by Crippen LogP contribution is 2.20. The summed E-state index contributed by atoms with van der Waals surface area (Å²) >= 11 is 1.48. The second kappa shape index (κ2) is 9.85. The maximum Gasteiger partial charge on any atom is 0.266 e. The van der Waals surface area contributed by atoms with Crippen molar-refractivity contribution in [1.29, 1.82) is 0 Å². The van der Waals surface area contributed by atoms with Crippen molar-refractivity contribution in [2.75, 3.05) is 20.6 Å². The first-order chi connectivity index (χ1) is 17.0. The molecule has 1 N–H and O–H groups in total. The first-order valence-electron chi connectivity index (χ1n) is 11.3. The van der Waals surface area contributed by atoms with Crippen molar-refractivity contribution in [2.24, 2.45) is 0 Å². The van der Waals surface area contributed by atoms with Crippen LogP contribution in [0, 0.1) is 0 Å². The van der Waals surface area contributed by atoms with Gasteiger partial charge in [0, 0.05) is 24.7 Å². The van der Waals surface area contributed by atoms with Crippen LogP contribution in [0.15, 0.2) is 75.7 Å². The Kier molecular flexibility index (Phi) is 6.47. The number of thioether (sulfide) groups is 1. The van der Waals surface area contributed by atoms with E-state index in [0.29, 0.717) is 39.5 Å². The zero-order valence-electron chi connectivity index (χ0n) is 19.5. The van der Waals surface area contributed by atoms with E-state index in [4.69, 9.17) is 0 Å². The Morgan fingerprint density at radius 1 is 0.943 bits per heavy atom. The van der Waals surface area contributed by atoms with Gasteiger partial charge in [-0.15, -0.1) is 5.10 Å².